The maximum Gasteiger partial charge on any atom is 0.225 e. The molecule has 51 valence electrons. The molecule has 0 aliphatic rings. The molecule has 2 N–H and O–H groups in total. The third-order valence-corrected chi connectivity index (χ3v) is 0.994. The number of anilines is 1. The Balaban J connectivity index is 2.50. The van der Waals surface area contributed by atoms with E-state index in [1.807, 2.05) is 0 Å². The smallest absolute Gasteiger partial charge is 0.225 e. The first-order valence-electron chi connectivity index (χ1n) is 2.85. The number of nitrogens with one attached hydrogen (secondary N) is 2. The van der Waals surface area contributed by atoms with Crippen molar-refractivity contribution < 1.29 is 4.79 Å². The summed E-state index contributed by atoms with van der Waals surface area (Å²) in [6.45, 7) is 0. The van der Waals surface area contributed by atoms with Crippen LogP contribution in [0.2, 0.25) is 0 Å². The topological polar surface area (TPSA) is 41.1 Å². The SMILES string of the molecule is O=CNNc1cc[c]cc1. The second kappa shape index (κ2) is 3.50. The molecule has 1 rings (SSSR count). The molecular formula is C7H7N2O. The molecule has 1 aromatic rings. The van der Waals surface area contributed by atoms with E-state index in [-0.39, 0.29) is 0 Å². The lowest BCUT2D eigenvalue weighted by Crippen LogP contribution is -2.18. The van der Waals surface area contributed by atoms with Crippen LogP contribution in [0.1, 0.15) is 0 Å². The van der Waals surface area contributed by atoms with E-state index in [0.717, 1.165) is 5.69 Å². The summed E-state index contributed by atoms with van der Waals surface area (Å²) in [5.74, 6) is 0. The van der Waals surface area contributed by atoms with Crippen molar-refractivity contribution in [3.05, 3.63) is 30.3 Å². The number of carbonyl (C=O) groups excluding carboxylic acids is 1. The Morgan fingerprint density at radius 3 is 2.70 bits per heavy atom. The Morgan fingerprint density at radius 1 is 1.40 bits per heavy atom. The number of hydrogen-bond acceptors (Lipinski definition) is 2. The van der Waals surface area contributed by atoms with Crippen LogP contribution in [0.4, 0.5) is 5.69 Å². The van der Waals surface area contributed by atoms with Crippen LogP contribution in [-0.4, -0.2) is 6.41 Å². The zero-order chi connectivity index (χ0) is 7.23. The molecule has 0 heterocycles. The molecule has 10 heavy (non-hydrogen) atoms. The van der Waals surface area contributed by atoms with Gasteiger partial charge in [0.1, 0.15) is 0 Å². The van der Waals surface area contributed by atoms with Crippen molar-refractivity contribution in [3.8, 4) is 0 Å². The Morgan fingerprint density at radius 2 is 2.10 bits per heavy atom. The van der Waals surface area contributed by atoms with E-state index in [4.69, 9.17) is 0 Å². The Hall–Kier alpha value is -1.51. The fraction of sp³-hybridized carbons (Fsp3) is 0. The molecule has 0 aliphatic carbocycles. The van der Waals surface area contributed by atoms with Gasteiger partial charge in [-0.1, -0.05) is 12.1 Å². The van der Waals surface area contributed by atoms with Crippen molar-refractivity contribution in [2.75, 3.05) is 5.43 Å². The summed E-state index contributed by atoms with van der Waals surface area (Å²) >= 11 is 0. The minimum Gasteiger partial charge on any atom is -0.299 e. The van der Waals surface area contributed by atoms with Gasteiger partial charge in [-0.05, 0) is 18.2 Å². The van der Waals surface area contributed by atoms with Gasteiger partial charge in [0.15, 0.2) is 0 Å². The van der Waals surface area contributed by atoms with Gasteiger partial charge in [-0.3, -0.25) is 15.6 Å². The lowest BCUT2D eigenvalue weighted by molar-refractivity contribution is -0.109. The zero-order valence-corrected chi connectivity index (χ0v) is 5.29. The van der Waals surface area contributed by atoms with Gasteiger partial charge in [-0.25, -0.2) is 0 Å². The van der Waals surface area contributed by atoms with Gasteiger partial charge in [-0.2, -0.15) is 0 Å². The molecule has 0 unspecified atom stereocenters. The largest absolute Gasteiger partial charge is 0.299 e. The van der Waals surface area contributed by atoms with E-state index in [0.29, 0.717) is 6.41 Å². The maximum absolute atomic E-state index is 9.80. The van der Waals surface area contributed by atoms with Gasteiger partial charge >= 0.3 is 0 Å². The van der Waals surface area contributed by atoms with Crippen molar-refractivity contribution in [3.63, 3.8) is 0 Å². The third kappa shape index (κ3) is 1.78. The first-order valence-corrected chi connectivity index (χ1v) is 2.85. The van der Waals surface area contributed by atoms with Gasteiger partial charge in [0, 0.05) is 0 Å². The van der Waals surface area contributed by atoms with E-state index < -0.39 is 0 Å². The number of carbonyl (C=O) groups is 1. The summed E-state index contributed by atoms with van der Waals surface area (Å²) < 4.78 is 0. The van der Waals surface area contributed by atoms with Gasteiger partial charge in [-0.15, -0.1) is 0 Å². The molecule has 0 fully saturated rings. The molecule has 0 aliphatic heterocycles. The fourth-order valence-electron chi connectivity index (χ4n) is 0.583. The van der Waals surface area contributed by atoms with Crippen LogP contribution in [0.3, 0.4) is 0 Å². The van der Waals surface area contributed by atoms with E-state index in [1.54, 1.807) is 24.3 Å². The number of amides is 1. The number of hydrogen-bond donors (Lipinski definition) is 2. The average Bonchev–Trinajstić information content (AvgIpc) is 2.03. The van der Waals surface area contributed by atoms with Crippen LogP contribution in [0.5, 0.6) is 0 Å². The predicted octanol–water partition coefficient (Wildman–Crippen LogP) is 0.560. The third-order valence-electron chi connectivity index (χ3n) is 0.994. The molecule has 3 heteroatoms. The summed E-state index contributed by atoms with van der Waals surface area (Å²) in [5, 5.41) is 0. The van der Waals surface area contributed by atoms with Crippen LogP contribution >= 0.6 is 0 Å². The van der Waals surface area contributed by atoms with Crippen molar-refractivity contribution in [2.45, 2.75) is 0 Å². The lowest BCUT2D eigenvalue weighted by Gasteiger charge is -2.00. The van der Waals surface area contributed by atoms with Gasteiger partial charge in [0.05, 0.1) is 5.69 Å². The Kier molecular flexibility index (Phi) is 2.31. The normalized spacial score (nSPS) is 8.40. The van der Waals surface area contributed by atoms with Gasteiger partial charge in [0.25, 0.3) is 0 Å². The van der Waals surface area contributed by atoms with E-state index >= 15 is 0 Å². The highest BCUT2D eigenvalue weighted by molar-refractivity contribution is 5.52. The van der Waals surface area contributed by atoms with Crippen LogP contribution < -0.4 is 10.9 Å². The minimum atomic E-state index is 0.580. The summed E-state index contributed by atoms with van der Waals surface area (Å²) in [4.78, 5) is 9.80. The first kappa shape index (κ1) is 6.61. The summed E-state index contributed by atoms with van der Waals surface area (Å²) in [6.07, 6.45) is 0.580. The molecule has 1 amide bonds. The lowest BCUT2D eigenvalue weighted by atomic mass is 10.3. The molecule has 0 atom stereocenters. The maximum atomic E-state index is 9.80. The predicted molar refractivity (Wildman–Crippen MR) is 38.1 cm³/mol. The van der Waals surface area contributed by atoms with Crippen LogP contribution in [0.15, 0.2) is 24.3 Å². The zero-order valence-electron chi connectivity index (χ0n) is 5.29. The highest BCUT2D eigenvalue weighted by atomic mass is 16.1. The molecule has 0 aromatic heterocycles. The minimum absolute atomic E-state index is 0.580. The van der Waals surface area contributed by atoms with E-state index in [9.17, 15) is 4.79 Å². The molecule has 1 radical (unpaired) electrons. The van der Waals surface area contributed by atoms with Crippen LogP contribution in [-0.2, 0) is 4.79 Å². The van der Waals surface area contributed by atoms with Crippen molar-refractivity contribution in [2.24, 2.45) is 0 Å². The second-order valence-corrected chi connectivity index (χ2v) is 1.68. The summed E-state index contributed by atoms with van der Waals surface area (Å²) in [6, 6.07) is 9.97. The molecule has 1 aromatic carbocycles. The van der Waals surface area contributed by atoms with E-state index in [2.05, 4.69) is 16.9 Å². The summed E-state index contributed by atoms with van der Waals surface area (Å²) in [5.41, 5.74) is 5.82. The standard InChI is InChI=1S/C7H7N2O/c10-6-8-9-7-4-2-1-3-5-7/h2-6,9H,(H,8,10). The molecule has 0 saturated carbocycles. The van der Waals surface area contributed by atoms with Crippen LogP contribution in [0, 0.1) is 6.07 Å². The van der Waals surface area contributed by atoms with Crippen molar-refractivity contribution in [1.29, 1.82) is 0 Å². The highest BCUT2D eigenvalue weighted by Gasteiger charge is 1.83. The second-order valence-electron chi connectivity index (χ2n) is 1.68. The van der Waals surface area contributed by atoms with Gasteiger partial charge < -0.3 is 0 Å². The Labute approximate surface area is 59.0 Å². The van der Waals surface area contributed by atoms with Crippen molar-refractivity contribution in [1.82, 2.24) is 5.43 Å². The average molecular weight is 135 g/mol. The molecule has 0 spiro atoms. The molecule has 0 saturated heterocycles. The van der Waals surface area contributed by atoms with Gasteiger partial charge in [0.2, 0.25) is 6.41 Å². The van der Waals surface area contributed by atoms with Crippen LogP contribution in [0.25, 0.3) is 0 Å². The Bertz CT molecular complexity index is 198. The number of benzene rings is 1. The summed E-state index contributed by atoms with van der Waals surface area (Å²) in [7, 11) is 0. The molecule has 3 nitrogen and oxygen atoms in total. The molecule has 0 bridgehead atoms. The monoisotopic (exact) mass is 135 g/mol. The number of hydrazine groups is 1. The fourth-order valence-corrected chi connectivity index (χ4v) is 0.583. The van der Waals surface area contributed by atoms with Crippen molar-refractivity contribution >= 4 is 12.1 Å². The highest BCUT2D eigenvalue weighted by Crippen LogP contribution is 2.01. The molecular weight excluding hydrogens is 128 g/mol. The number of rotatable bonds is 3. The first-order chi connectivity index (χ1) is 4.93. The quantitative estimate of drug-likeness (QED) is 0.469. The van der Waals surface area contributed by atoms with E-state index in [1.165, 1.54) is 0 Å².